The highest BCUT2D eigenvalue weighted by Gasteiger charge is 2.34. The van der Waals surface area contributed by atoms with Crippen LogP contribution in [0.5, 0.6) is 0 Å². The van der Waals surface area contributed by atoms with Gasteiger partial charge in [-0.15, -0.1) is 0 Å². The average molecular weight is 397 g/mol. The number of thioether (sulfide) groups is 1. The topological polar surface area (TPSA) is 104 Å². The molecule has 1 unspecified atom stereocenters. The average Bonchev–Trinajstić information content (AvgIpc) is 3.08. The first-order valence-electron chi connectivity index (χ1n) is 7.86. The monoisotopic (exact) mass is 397 g/mol. The van der Waals surface area contributed by atoms with Crippen LogP contribution in [0.25, 0.3) is 11.2 Å². The molecule has 3 aromatic rings. The quantitative estimate of drug-likeness (QED) is 0.453. The van der Waals surface area contributed by atoms with E-state index in [2.05, 4.69) is 25.3 Å². The zero-order valence-corrected chi connectivity index (χ0v) is 14.7. The zero-order valence-electron chi connectivity index (χ0n) is 13.9. The normalized spacial score (nSPS) is 12.9. The van der Waals surface area contributed by atoms with Crippen molar-refractivity contribution in [3.05, 3.63) is 46.5 Å². The maximum atomic E-state index is 13.1. The number of amides is 1. The molecule has 3 rings (SSSR count). The summed E-state index contributed by atoms with van der Waals surface area (Å²) in [5.74, 6) is -0.621. The summed E-state index contributed by atoms with van der Waals surface area (Å²) in [6.07, 6.45) is -2.96. The van der Waals surface area contributed by atoms with Crippen LogP contribution in [0.2, 0.25) is 0 Å². The number of nitrogens with one attached hydrogen (secondary N) is 3. The second kappa shape index (κ2) is 7.43. The maximum absolute atomic E-state index is 13.1. The number of nitrogens with zero attached hydrogens (tertiary/aromatic N) is 2. The Hall–Kier alpha value is -2.82. The molecule has 1 aromatic carbocycles. The molecule has 1 amide bonds. The molecule has 142 valence electrons. The van der Waals surface area contributed by atoms with Crippen molar-refractivity contribution < 1.29 is 18.0 Å². The third-order valence-corrected chi connectivity index (χ3v) is 4.93. The summed E-state index contributed by atoms with van der Waals surface area (Å²) in [4.78, 5) is 37.6. The van der Waals surface area contributed by atoms with E-state index in [9.17, 15) is 22.8 Å². The standard InChI is InChI=1S/C16H14F3N5O2S/c1-2-10(27-15-23-12-11(14(26)24-15)20-7-21-12)13(25)22-9-6-4-3-5-8(9)16(17,18)19/h3-7,10H,2H2,1H3,(H,22,25)(H2,20,21,23,24,26). The van der Waals surface area contributed by atoms with E-state index in [0.717, 1.165) is 17.8 Å². The van der Waals surface area contributed by atoms with E-state index in [-0.39, 0.29) is 22.0 Å². The number of alkyl halides is 3. The number of aromatic amines is 2. The van der Waals surface area contributed by atoms with Crippen molar-refractivity contribution in [3.8, 4) is 0 Å². The largest absolute Gasteiger partial charge is 0.418 e. The van der Waals surface area contributed by atoms with Gasteiger partial charge in [0.05, 0.1) is 22.8 Å². The highest BCUT2D eigenvalue weighted by atomic mass is 32.2. The Bertz CT molecular complexity index is 1030. The van der Waals surface area contributed by atoms with E-state index in [0.29, 0.717) is 6.42 Å². The van der Waals surface area contributed by atoms with Gasteiger partial charge in [0.25, 0.3) is 5.56 Å². The minimum absolute atomic E-state index is 0.158. The fraction of sp³-hybridized carbons (Fsp3) is 0.250. The van der Waals surface area contributed by atoms with Crippen LogP contribution in [-0.2, 0) is 11.0 Å². The highest BCUT2D eigenvalue weighted by molar-refractivity contribution is 8.00. The number of aromatic nitrogens is 4. The second-order valence-corrected chi connectivity index (χ2v) is 6.71. The van der Waals surface area contributed by atoms with Gasteiger partial charge < -0.3 is 10.3 Å². The smallest absolute Gasteiger partial charge is 0.339 e. The van der Waals surface area contributed by atoms with Crippen LogP contribution in [0.3, 0.4) is 0 Å². The van der Waals surface area contributed by atoms with E-state index >= 15 is 0 Å². The molecule has 0 bridgehead atoms. The molecule has 0 aliphatic carbocycles. The first-order chi connectivity index (χ1) is 12.8. The van der Waals surface area contributed by atoms with Gasteiger partial charge in [0.2, 0.25) is 5.91 Å². The van der Waals surface area contributed by atoms with Crippen molar-refractivity contribution >= 4 is 34.5 Å². The molecule has 0 saturated carbocycles. The van der Waals surface area contributed by atoms with E-state index in [4.69, 9.17) is 0 Å². The SMILES string of the molecule is CCC(Sc1nc2nc[nH]c2c(=O)[nH]1)C(=O)Nc1ccccc1C(F)(F)F. The number of halogens is 3. The summed E-state index contributed by atoms with van der Waals surface area (Å²) in [7, 11) is 0. The van der Waals surface area contributed by atoms with Gasteiger partial charge in [0.1, 0.15) is 0 Å². The summed E-state index contributed by atoms with van der Waals surface area (Å²) in [5, 5.41) is 1.71. The van der Waals surface area contributed by atoms with E-state index < -0.39 is 28.5 Å². The van der Waals surface area contributed by atoms with Gasteiger partial charge in [-0.3, -0.25) is 14.6 Å². The lowest BCUT2D eigenvalue weighted by Crippen LogP contribution is -2.26. The van der Waals surface area contributed by atoms with Crippen LogP contribution >= 0.6 is 11.8 Å². The molecule has 0 aliphatic heterocycles. The van der Waals surface area contributed by atoms with Gasteiger partial charge in [-0.05, 0) is 18.6 Å². The minimum Gasteiger partial charge on any atom is -0.339 e. The number of carbonyl (C=O) groups excluding carboxylic acids is 1. The zero-order chi connectivity index (χ0) is 19.6. The molecule has 2 heterocycles. The van der Waals surface area contributed by atoms with Crippen molar-refractivity contribution in [1.29, 1.82) is 0 Å². The molecule has 0 spiro atoms. The van der Waals surface area contributed by atoms with Crippen LogP contribution in [0.1, 0.15) is 18.9 Å². The van der Waals surface area contributed by atoms with Crippen molar-refractivity contribution in [2.45, 2.75) is 29.9 Å². The third-order valence-electron chi connectivity index (χ3n) is 3.68. The summed E-state index contributed by atoms with van der Waals surface area (Å²) in [6.45, 7) is 1.71. The Kier molecular flexibility index (Phi) is 5.22. The number of hydrogen-bond acceptors (Lipinski definition) is 5. The fourth-order valence-corrected chi connectivity index (χ4v) is 3.28. The van der Waals surface area contributed by atoms with Crippen LogP contribution < -0.4 is 10.9 Å². The first-order valence-corrected chi connectivity index (χ1v) is 8.74. The predicted octanol–water partition coefficient (Wildman–Crippen LogP) is 3.17. The van der Waals surface area contributed by atoms with E-state index in [1.807, 2.05) is 0 Å². The predicted molar refractivity (Wildman–Crippen MR) is 94.5 cm³/mol. The molecular formula is C16H14F3N5O2S. The molecule has 0 fully saturated rings. The van der Waals surface area contributed by atoms with Gasteiger partial charge in [-0.1, -0.05) is 30.8 Å². The number of rotatable bonds is 5. The molecule has 0 saturated heterocycles. The van der Waals surface area contributed by atoms with Gasteiger partial charge >= 0.3 is 6.18 Å². The Labute approximate surface area is 154 Å². The van der Waals surface area contributed by atoms with Gasteiger partial charge in [-0.25, -0.2) is 9.97 Å². The number of benzene rings is 1. The number of anilines is 1. The number of hydrogen-bond donors (Lipinski definition) is 3. The summed E-state index contributed by atoms with van der Waals surface area (Å²) in [5.41, 5.74) is -1.30. The number of fused-ring (bicyclic) bond motifs is 1. The Morgan fingerprint density at radius 1 is 1.33 bits per heavy atom. The van der Waals surface area contributed by atoms with E-state index in [1.54, 1.807) is 6.92 Å². The molecule has 11 heteroatoms. The van der Waals surface area contributed by atoms with Gasteiger partial charge in [0.15, 0.2) is 16.3 Å². The lowest BCUT2D eigenvalue weighted by atomic mass is 10.1. The highest BCUT2D eigenvalue weighted by Crippen LogP contribution is 2.35. The molecular weight excluding hydrogens is 383 g/mol. The molecule has 7 nitrogen and oxygen atoms in total. The van der Waals surface area contributed by atoms with Crippen LogP contribution in [0.15, 0.2) is 40.5 Å². The van der Waals surface area contributed by atoms with Crippen molar-refractivity contribution in [3.63, 3.8) is 0 Å². The maximum Gasteiger partial charge on any atom is 0.418 e. The molecule has 27 heavy (non-hydrogen) atoms. The van der Waals surface area contributed by atoms with Gasteiger partial charge in [0, 0.05) is 0 Å². The fourth-order valence-electron chi connectivity index (χ4n) is 2.39. The molecule has 0 radical (unpaired) electrons. The Morgan fingerprint density at radius 2 is 2.07 bits per heavy atom. The van der Waals surface area contributed by atoms with Crippen molar-refractivity contribution in [2.75, 3.05) is 5.32 Å². The second-order valence-electron chi connectivity index (χ2n) is 5.52. The van der Waals surface area contributed by atoms with Crippen LogP contribution in [-0.4, -0.2) is 31.1 Å². The molecule has 2 aromatic heterocycles. The minimum atomic E-state index is -4.59. The van der Waals surface area contributed by atoms with Gasteiger partial charge in [-0.2, -0.15) is 13.2 Å². The third kappa shape index (κ3) is 4.13. The van der Waals surface area contributed by atoms with Crippen molar-refractivity contribution in [2.24, 2.45) is 0 Å². The van der Waals surface area contributed by atoms with Crippen LogP contribution in [0, 0.1) is 0 Å². The number of para-hydroxylation sites is 1. The first kappa shape index (κ1) is 19.0. The summed E-state index contributed by atoms with van der Waals surface area (Å²) >= 11 is 0.948. The Morgan fingerprint density at radius 3 is 2.78 bits per heavy atom. The summed E-state index contributed by atoms with van der Waals surface area (Å²) < 4.78 is 39.2. The van der Waals surface area contributed by atoms with Crippen molar-refractivity contribution in [1.82, 2.24) is 19.9 Å². The lowest BCUT2D eigenvalue weighted by molar-refractivity contribution is -0.137. The molecule has 1 atom stereocenters. The number of H-pyrrole nitrogens is 2. The molecule has 3 N–H and O–H groups in total. The van der Waals surface area contributed by atoms with Crippen LogP contribution in [0.4, 0.5) is 18.9 Å². The number of carbonyl (C=O) groups is 1. The number of imidazole rings is 1. The Balaban J connectivity index is 1.81. The molecule has 0 aliphatic rings. The van der Waals surface area contributed by atoms with E-state index in [1.165, 1.54) is 24.5 Å². The lowest BCUT2D eigenvalue weighted by Gasteiger charge is -2.17. The summed E-state index contributed by atoms with van der Waals surface area (Å²) in [6, 6.07) is 4.74.